The van der Waals surface area contributed by atoms with Gasteiger partial charge in [-0.2, -0.15) is 0 Å². The maximum absolute atomic E-state index is 11.4. The molecule has 0 saturated carbocycles. The average molecular weight is 330 g/mol. The van der Waals surface area contributed by atoms with E-state index in [1.165, 1.54) is 6.07 Å². The lowest BCUT2D eigenvalue weighted by Gasteiger charge is -2.24. The molecular weight excluding hydrogens is 314 g/mol. The van der Waals surface area contributed by atoms with Crippen LogP contribution in [0.1, 0.15) is 32.3 Å². The highest BCUT2D eigenvalue weighted by Gasteiger charge is 2.33. The third kappa shape index (κ3) is 3.53. The Hall–Kier alpha value is -1.43. The molecule has 0 aliphatic rings. The third-order valence-corrected chi connectivity index (χ3v) is 4.07. The number of aliphatic carboxylic acids is 1. The van der Waals surface area contributed by atoms with Crippen molar-refractivity contribution < 1.29 is 14.8 Å². The molecule has 6 heteroatoms. The number of carboxylic acid groups (broad SMARTS) is 1. The van der Waals surface area contributed by atoms with E-state index in [9.17, 15) is 20.0 Å². The first-order valence-corrected chi connectivity index (χ1v) is 6.76. The van der Waals surface area contributed by atoms with Crippen LogP contribution < -0.4 is 0 Å². The molecule has 0 saturated heterocycles. The van der Waals surface area contributed by atoms with Gasteiger partial charge in [0.2, 0.25) is 0 Å². The first-order chi connectivity index (χ1) is 8.81. The lowest BCUT2D eigenvalue weighted by Crippen LogP contribution is -2.30. The molecule has 1 N–H and O–H groups in total. The van der Waals surface area contributed by atoms with Crippen LogP contribution in [-0.4, -0.2) is 16.0 Å². The Morgan fingerprint density at radius 2 is 2.16 bits per heavy atom. The SMILES string of the molecule is CCCC(C)(Cc1cccc([N+](=O)[O-])c1Br)C(=O)O. The van der Waals surface area contributed by atoms with Gasteiger partial charge in [-0.3, -0.25) is 14.9 Å². The molecule has 0 bridgehead atoms. The second kappa shape index (κ2) is 6.14. The highest BCUT2D eigenvalue weighted by Crippen LogP contribution is 2.35. The molecule has 1 aromatic rings. The molecule has 0 aromatic heterocycles. The van der Waals surface area contributed by atoms with Gasteiger partial charge >= 0.3 is 5.97 Å². The van der Waals surface area contributed by atoms with Gasteiger partial charge in [0.05, 0.1) is 14.8 Å². The lowest BCUT2D eigenvalue weighted by molar-refractivity contribution is -0.385. The van der Waals surface area contributed by atoms with Crippen LogP contribution >= 0.6 is 15.9 Å². The predicted octanol–water partition coefficient (Wildman–Crippen LogP) is 3.79. The number of nitro benzene ring substituents is 1. The number of carbonyl (C=O) groups is 1. The molecule has 0 aliphatic heterocycles. The molecule has 1 unspecified atom stereocenters. The minimum Gasteiger partial charge on any atom is -0.481 e. The van der Waals surface area contributed by atoms with Crippen molar-refractivity contribution in [2.24, 2.45) is 5.41 Å². The molecule has 0 amide bonds. The maximum Gasteiger partial charge on any atom is 0.309 e. The Bertz CT molecular complexity index is 503. The summed E-state index contributed by atoms with van der Waals surface area (Å²) in [6.45, 7) is 3.59. The number of hydrogen-bond acceptors (Lipinski definition) is 3. The van der Waals surface area contributed by atoms with Crippen molar-refractivity contribution >= 4 is 27.6 Å². The third-order valence-electron chi connectivity index (χ3n) is 3.15. The van der Waals surface area contributed by atoms with E-state index in [1.807, 2.05) is 6.92 Å². The molecule has 0 spiro atoms. The van der Waals surface area contributed by atoms with Gasteiger partial charge in [-0.15, -0.1) is 0 Å². The fourth-order valence-corrected chi connectivity index (χ4v) is 2.64. The Morgan fingerprint density at radius 3 is 2.63 bits per heavy atom. The summed E-state index contributed by atoms with van der Waals surface area (Å²) in [7, 11) is 0. The lowest BCUT2D eigenvalue weighted by atomic mass is 9.80. The van der Waals surface area contributed by atoms with E-state index in [0.29, 0.717) is 16.5 Å². The standard InChI is InChI=1S/C13H16BrNO4/c1-3-7-13(2,12(16)17)8-9-5-4-6-10(11(9)14)15(18)19/h4-6H,3,7-8H2,1-2H3,(H,16,17). The molecule has 0 fully saturated rings. The number of nitrogens with zero attached hydrogens (tertiary/aromatic N) is 1. The maximum atomic E-state index is 11.4. The molecule has 1 rings (SSSR count). The van der Waals surface area contributed by atoms with Gasteiger partial charge in [-0.05, 0) is 41.3 Å². The number of carboxylic acids is 1. The molecule has 19 heavy (non-hydrogen) atoms. The Morgan fingerprint density at radius 1 is 1.53 bits per heavy atom. The Labute approximate surface area is 119 Å². The number of halogens is 1. The monoisotopic (exact) mass is 329 g/mol. The first kappa shape index (κ1) is 15.6. The van der Waals surface area contributed by atoms with Gasteiger partial charge in [-0.25, -0.2) is 0 Å². The Kier molecular flexibility index (Phi) is 5.05. The minimum atomic E-state index is -0.910. The van der Waals surface area contributed by atoms with Crippen molar-refractivity contribution in [3.8, 4) is 0 Å². The van der Waals surface area contributed by atoms with Gasteiger partial charge in [-0.1, -0.05) is 25.5 Å². The minimum absolute atomic E-state index is 0.0401. The molecule has 0 aliphatic carbocycles. The summed E-state index contributed by atoms with van der Waals surface area (Å²) in [5.74, 6) is -0.882. The van der Waals surface area contributed by atoms with Crippen LogP contribution in [0.5, 0.6) is 0 Å². The number of hydrogen-bond donors (Lipinski definition) is 1. The van der Waals surface area contributed by atoms with E-state index >= 15 is 0 Å². The summed E-state index contributed by atoms with van der Waals surface area (Å²) in [6, 6.07) is 4.69. The van der Waals surface area contributed by atoms with Gasteiger partial charge < -0.3 is 5.11 Å². The van der Waals surface area contributed by atoms with Crippen LogP contribution in [0.2, 0.25) is 0 Å². The zero-order valence-electron chi connectivity index (χ0n) is 10.9. The van der Waals surface area contributed by atoms with Crippen LogP contribution in [0.4, 0.5) is 5.69 Å². The summed E-state index contributed by atoms with van der Waals surface area (Å²) in [5, 5.41) is 20.2. The summed E-state index contributed by atoms with van der Waals surface area (Å²) in [5.41, 5.74) is -0.304. The fourth-order valence-electron chi connectivity index (χ4n) is 2.09. The van der Waals surface area contributed by atoms with Crippen molar-refractivity contribution in [1.29, 1.82) is 0 Å². The molecule has 1 aromatic carbocycles. The van der Waals surface area contributed by atoms with Crippen molar-refractivity contribution in [2.45, 2.75) is 33.1 Å². The highest BCUT2D eigenvalue weighted by molar-refractivity contribution is 9.10. The van der Waals surface area contributed by atoms with Crippen LogP contribution in [0.3, 0.4) is 0 Å². The van der Waals surface area contributed by atoms with Crippen LogP contribution in [0.15, 0.2) is 22.7 Å². The van der Waals surface area contributed by atoms with Crippen LogP contribution in [0.25, 0.3) is 0 Å². The van der Waals surface area contributed by atoms with E-state index in [-0.39, 0.29) is 12.1 Å². The quantitative estimate of drug-likeness (QED) is 0.635. The van der Waals surface area contributed by atoms with Gasteiger partial charge in [0.1, 0.15) is 0 Å². The van der Waals surface area contributed by atoms with Crippen LogP contribution in [0, 0.1) is 15.5 Å². The summed E-state index contributed by atoms with van der Waals surface area (Å²) >= 11 is 3.20. The summed E-state index contributed by atoms with van der Waals surface area (Å²) in [6.07, 6.45) is 1.53. The molecule has 1 atom stereocenters. The van der Waals surface area contributed by atoms with E-state index in [4.69, 9.17) is 0 Å². The van der Waals surface area contributed by atoms with E-state index < -0.39 is 16.3 Å². The molecule has 0 radical (unpaired) electrons. The van der Waals surface area contributed by atoms with Crippen molar-refractivity contribution in [3.05, 3.63) is 38.3 Å². The number of nitro groups is 1. The normalized spacial score (nSPS) is 13.8. The predicted molar refractivity (Wildman–Crippen MR) is 75.2 cm³/mol. The summed E-state index contributed by atoms with van der Waals surface area (Å²) in [4.78, 5) is 21.8. The van der Waals surface area contributed by atoms with Crippen LogP contribution in [-0.2, 0) is 11.2 Å². The largest absolute Gasteiger partial charge is 0.481 e. The zero-order valence-corrected chi connectivity index (χ0v) is 12.4. The topological polar surface area (TPSA) is 80.4 Å². The van der Waals surface area contributed by atoms with E-state index in [2.05, 4.69) is 15.9 Å². The highest BCUT2D eigenvalue weighted by atomic mass is 79.9. The second-order valence-electron chi connectivity index (χ2n) is 4.80. The van der Waals surface area contributed by atoms with E-state index in [0.717, 1.165) is 6.42 Å². The van der Waals surface area contributed by atoms with Crippen molar-refractivity contribution in [3.63, 3.8) is 0 Å². The number of rotatable bonds is 6. The first-order valence-electron chi connectivity index (χ1n) is 5.97. The Balaban J connectivity index is 3.14. The molecule has 5 nitrogen and oxygen atoms in total. The fraction of sp³-hybridized carbons (Fsp3) is 0.462. The average Bonchev–Trinajstić information content (AvgIpc) is 2.31. The van der Waals surface area contributed by atoms with Gasteiger partial charge in [0.15, 0.2) is 0 Å². The molecule has 0 heterocycles. The molecule has 104 valence electrons. The van der Waals surface area contributed by atoms with E-state index in [1.54, 1.807) is 19.1 Å². The van der Waals surface area contributed by atoms with Crippen molar-refractivity contribution in [2.75, 3.05) is 0 Å². The van der Waals surface area contributed by atoms with Crippen molar-refractivity contribution in [1.82, 2.24) is 0 Å². The molecular formula is C13H16BrNO4. The second-order valence-corrected chi connectivity index (χ2v) is 5.59. The zero-order chi connectivity index (χ0) is 14.6. The smallest absolute Gasteiger partial charge is 0.309 e. The number of benzene rings is 1. The van der Waals surface area contributed by atoms with Gasteiger partial charge in [0.25, 0.3) is 5.69 Å². The van der Waals surface area contributed by atoms with Gasteiger partial charge in [0, 0.05) is 6.07 Å². The summed E-state index contributed by atoms with van der Waals surface area (Å²) < 4.78 is 0.364.